The third-order valence-corrected chi connectivity index (χ3v) is 4.81. The first-order valence-corrected chi connectivity index (χ1v) is 9.14. The number of halogens is 1. The molecule has 0 radical (unpaired) electrons. The van der Waals surface area contributed by atoms with Crippen LogP contribution >= 0.6 is 12.4 Å². The number of carbonyl (C=O) groups is 1. The van der Waals surface area contributed by atoms with Crippen LogP contribution in [0.5, 0.6) is 0 Å². The van der Waals surface area contributed by atoms with E-state index in [0.717, 1.165) is 37.2 Å². The van der Waals surface area contributed by atoms with Gasteiger partial charge in [-0.15, -0.1) is 17.5 Å². The van der Waals surface area contributed by atoms with Gasteiger partial charge in [-0.25, -0.2) is 0 Å². The Hall–Kier alpha value is -2.71. The van der Waals surface area contributed by atoms with Gasteiger partial charge in [0.15, 0.2) is 5.69 Å². The van der Waals surface area contributed by atoms with Gasteiger partial charge in [0.05, 0.1) is 6.20 Å². The van der Waals surface area contributed by atoms with Gasteiger partial charge in [-0.1, -0.05) is 40.7 Å². The zero-order chi connectivity index (χ0) is 18.6. The average molecular weight is 403 g/mol. The fraction of sp³-hybridized carbons (Fsp3) is 0.368. The van der Waals surface area contributed by atoms with E-state index in [-0.39, 0.29) is 24.0 Å². The van der Waals surface area contributed by atoms with Crippen molar-refractivity contribution in [2.24, 2.45) is 5.92 Å². The van der Waals surface area contributed by atoms with Gasteiger partial charge in [-0.3, -0.25) is 14.8 Å². The van der Waals surface area contributed by atoms with Crippen molar-refractivity contribution in [3.8, 4) is 11.3 Å². The summed E-state index contributed by atoms with van der Waals surface area (Å²) < 4.78 is 7.06. The molecule has 1 amide bonds. The summed E-state index contributed by atoms with van der Waals surface area (Å²) in [5.41, 5.74) is 2.68. The minimum Gasteiger partial charge on any atom is -0.338 e. The molecule has 1 aliphatic rings. The van der Waals surface area contributed by atoms with E-state index in [1.54, 1.807) is 10.9 Å². The van der Waals surface area contributed by atoms with E-state index in [1.807, 2.05) is 37.3 Å². The van der Waals surface area contributed by atoms with Crippen molar-refractivity contribution in [3.05, 3.63) is 47.8 Å². The number of rotatable bonds is 5. The Balaban J connectivity index is 0.00000225. The number of aromatic nitrogens is 4. The monoisotopic (exact) mass is 402 g/mol. The number of nitrogens with zero attached hydrogens (tertiary/aromatic N) is 4. The van der Waals surface area contributed by atoms with Crippen LogP contribution in [0.4, 0.5) is 5.88 Å². The predicted molar refractivity (Wildman–Crippen MR) is 107 cm³/mol. The number of nitrogens with one attached hydrogen (secondary N) is 2. The molecule has 28 heavy (non-hydrogen) atoms. The number of amides is 1. The molecular weight excluding hydrogens is 380 g/mol. The first-order chi connectivity index (χ1) is 13.2. The first kappa shape index (κ1) is 20.0. The van der Waals surface area contributed by atoms with Crippen molar-refractivity contribution in [2.75, 3.05) is 18.4 Å². The van der Waals surface area contributed by atoms with Gasteiger partial charge in [-0.2, -0.15) is 0 Å². The summed E-state index contributed by atoms with van der Waals surface area (Å²) in [6.45, 7) is 4.66. The number of anilines is 1. The summed E-state index contributed by atoms with van der Waals surface area (Å²) in [6, 6.07) is 9.70. The molecule has 9 heteroatoms. The van der Waals surface area contributed by atoms with Crippen LogP contribution in [0.2, 0.25) is 0 Å². The standard InChI is InChI=1S/C19H22N6O2.ClH/c1-13-17(15-7-3-2-4-8-15)23-27-19(13)21-18(26)16-12-25(24-22-16)11-14-6-5-9-20-10-14;/h2-4,7-8,12,14,20H,5-6,9-11H2,1H3,(H,21,26);1H. The summed E-state index contributed by atoms with van der Waals surface area (Å²) in [7, 11) is 0. The molecule has 148 valence electrons. The number of hydrogen-bond donors (Lipinski definition) is 2. The van der Waals surface area contributed by atoms with Crippen molar-refractivity contribution in [1.82, 2.24) is 25.5 Å². The maximum Gasteiger partial charge on any atom is 0.280 e. The van der Waals surface area contributed by atoms with Crippen LogP contribution in [0, 0.1) is 12.8 Å². The molecule has 2 aromatic heterocycles. The van der Waals surface area contributed by atoms with E-state index >= 15 is 0 Å². The molecule has 1 fully saturated rings. The first-order valence-electron chi connectivity index (χ1n) is 9.14. The lowest BCUT2D eigenvalue weighted by Gasteiger charge is -2.22. The van der Waals surface area contributed by atoms with Crippen molar-refractivity contribution >= 4 is 24.2 Å². The van der Waals surface area contributed by atoms with Crippen LogP contribution in [0.25, 0.3) is 11.3 Å². The number of benzene rings is 1. The van der Waals surface area contributed by atoms with Crippen molar-refractivity contribution in [3.63, 3.8) is 0 Å². The minimum atomic E-state index is -0.359. The van der Waals surface area contributed by atoms with Gasteiger partial charge in [0.1, 0.15) is 5.69 Å². The van der Waals surface area contributed by atoms with Crippen LogP contribution in [0.1, 0.15) is 28.9 Å². The maximum atomic E-state index is 12.5. The second kappa shape index (κ2) is 8.99. The van der Waals surface area contributed by atoms with Crippen LogP contribution in [-0.2, 0) is 6.54 Å². The molecule has 2 N–H and O–H groups in total. The lowest BCUT2D eigenvalue weighted by atomic mass is 10.00. The Morgan fingerprint density at radius 1 is 1.36 bits per heavy atom. The third kappa shape index (κ3) is 4.40. The second-order valence-corrected chi connectivity index (χ2v) is 6.84. The van der Waals surface area contributed by atoms with Crippen LogP contribution in [-0.4, -0.2) is 39.1 Å². The van der Waals surface area contributed by atoms with E-state index in [4.69, 9.17) is 4.52 Å². The quantitative estimate of drug-likeness (QED) is 0.680. The highest BCUT2D eigenvalue weighted by atomic mass is 35.5. The van der Waals surface area contributed by atoms with Crippen molar-refractivity contribution < 1.29 is 9.32 Å². The molecule has 0 aliphatic carbocycles. The van der Waals surface area contributed by atoms with Gasteiger partial charge in [0.2, 0.25) is 5.88 Å². The Morgan fingerprint density at radius 2 is 2.18 bits per heavy atom. The smallest absolute Gasteiger partial charge is 0.280 e. The zero-order valence-corrected chi connectivity index (χ0v) is 16.4. The summed E-state index contributed by atoms with van der Waals surface area (Å²) in [6.07, 6.45) is 4.00. The SMILES string of the molecule is Cc1c(-c2ccccc2)noc1NC(=O)c1cn(CC2CCCNC2)nn1.Cl. The molecular formula is C19H23ClN6O2. The van der Waals surface area contributed by atoms with E-state index in [2.05, 4.69) is 26.1 Å². The summed E-state index contributed by atoms with van der Waals surface area (Å²) in [5.74, 6) is 0.480. The zero-order valence-electron chi connectivity index (χ0n) is 15.6. The molecule has 1 atom stereocenters. The van der Waals surface area contributed by atoms with Crippen molar-refractivity contribution in [1.29, 1.82) is 0 Å². The molecule has 8 nitrogen and oxygen atoms in total. The van der Waals surface area contributed by atoms with Gasteiger partial charge >= 0.3 is 0 Å². The lowest BCUT2D eigenvalue weighted by Crippen LogP contribution is -2.32. The molecule has 0 saturated carbocycles. The fourth-order valence-electron chi connectivity index (χ4n) is 3.32. The highest BCUT2D eigenvalue weighted by Gasteiger charge is 2.19. The van der Waals surface area contributed by atoms with E-state index in [1.165, 1.54) is 6.42 Å². The lowest BCUT2D eigenvalue weighted by molar-refractivity contribution is 0.101. The molecule has 1 saturated heterocycles. The van der Waals surface area contributed by atoms with Crippen LogP contribution < -0.4 is 10.6 Å². The maximum absolute atomic E-state index is 12.5. The average Bonchev–Trinajstić information content (AvgIpc) is 3.31. The summed E-state index contributed by atoms with van der Waals surface area (Å²) in [5, 5.41) is 18.3. The molecule has 1 aliphatic heterocycles. The Kier molecular flexibility index (Phi) is 6.43. The summed E-state index contributed by atoms with van der Waals surface area (Å²) in [4.78, 5) is 12.5. The van der Waals surface area contributed by atoms with Gasteiger partial charge < -0.3 is 9.84 Å². The van der Waals surface area contributed by atoms with Crippen LogP contribution in [0.3, 0.4) is 0 Å². The summed E-state index contributed by atoms with van der Waals surface area (Å²) >= 11 is 0. The molecule has 1 aromatic carbocycles. The van der Waals surface area contributed by atoms with E-state index in [0.29, 0.717) is 17.5 Å². The number of piperidine rings is 1. The topological polar surface area (TPSA) is 97.9 Å². The van der Waals surface area contributed by atoms with Gasteiger partial charge in [0.25, 0.3) is 5.91 Å². The Bertz CT molecular complexity index is 918. The van der Waals surface area contributed by atoms with Crippen molar-refractivity contribution in [2.45, 2.75) is 26.3 Å². The Labute approximate surface area is 169 Å². The normalized spacial score (nSPS) is 16.4. The molecule has 3 heterocycles. The third-order valence-electron chi connectivity index (χ3n) is 4.81. The van der Waals surface area contributed by atoms with E-state index in [9.17, 15) is 4.79 Å². The number of hydrogen-bond acceptors (Lipinski definition) is 6. The largest absolute Gasteiger partial charge is 0.338 e. The molecule has 0 spiro atoms. The highest BCUT2D eigenvalue weighted by Crippen LogP contribution is 2.27. The number of carbonyl (C=O) groups excluding carboxylic acids is 1. The predicted octanol–water partition coefficient (Wildman–Crippen LogP) is 2.92. The molecule has 3 aromatic rings. The van der Waals surface area contributed by atoms with E-state index < -0.39 is 0 Å². The molecule has 0 bridgehead atoms. The highest BCUT2D eigenvalue weighted by molar-refractivity contribution is 6.02. The minimum absolute atomic E-state index is 0. The second-order valence-electron chi connectivity index (χ2n) is 6.84. The van der Waals surface area contributed by atoms with Gasteiger partial charge in [0, 0.05) is 17.7 Å². The fourth-order valence-corrected chi connectivity index (χ4v) is 3.32. The molecule has 1 unspecified atom stereocenters. The molecule has 4 rings (SSSR count). The van der Waals surface area contributed by atoms with Crippen LogP contribution in [0.15, 0.2) is 41.1 Å². The van der Waals surface area contributed by atoms with Gasteiger partial charge in [-0.05, 0) is 38.8 Å². The Morgan fingerprint density at radius 3 is 2.93 bits per heavy atom.